The molecule has 0 radical (unpaired) electrons. The van der Waals surface area contributed by atoms with Gasteiger partial charge in [0.1, 0.15) is 5.82 Å². The zero-order chi connectivity index (χ0) is 17.8. The summed E-state index contributed by atoms with van der Waals surface area (Å²) in [5.41, 5.74) is 3.01. The molecule has 128 valence electrons. The van der Waals surface area contributed by atoms with Crippen LogP contribution < -0.4 is 10.6 Å². The average Bonchev–Trinajstić information content (AvgIpc) is 2.99. The molecule has 3 N–H and O–H groups in total. The summed E-state index contributed by atoms with van der Waals surface area (Å²) in [5.74, 6) is -1.79. The van der Waals surface area contributed by atoms with Crippen molar-refractivity contribution in [2.24, 2.45) is 0 Å². The van der Waals surface area contributed by atoms with Gasteiger partial charge in [0, 0.05) is 29.8 Å². The van der Waals surface area contributed by atoms with Crippen LogP contribution in [0.25, 0.3) is 10.9 Å². The number of aryl methyl sites for hydroxylation is 1. The third kappa shape index (κ3) is 3.82. The number of carbonyl (C=O) groups is 2. The second kappa shape index (κ2) is 7.12. The maximum atomic E-state index is 13.3. The lowest BCUT2D eigenvalue weighted by Gasteiger charge is -2.08. The quantitative estimate of drug-likeness (QED) is 0.637. The summed E-state index contributed by atoms with van der Waals surface area (Å²) in [5, 5.41) is 5.85. The van der Waals surface area contributed by atoms with E-state index < -0.39 is 11.8 Å². The van der Waals surface area contributed by atoms with Crippen molar-refractivity contribution < 1.29 is 14.0 Å². The number of carbonyl (C=O) groups excluding carboxylic acids is 2. The Hall–Kier alpha value is -3.22. The Morgan fingerprint density at radius 2 is 2.08 bits per heavy atom. The fraction of sp³-hybridized carbons (Fsp3) is 0.167. The van der Waals surface area contributed by atoms with Crippen LogP contribution in [0.3, 0.4) is 0 Å². The van der Waals surface area contributed by atoms with Gasteiger partial charge in [0.05, 0.1) is 11.9 Å². The molecule has 7 heteroatoms. The Morgan fingerprint density at radius 3 is 2.88 bits per heavy atom. The molecule has 2 aromatic heterocycles. The molecule has 0 aliphatic heterocycles. The highest BCUT2D eigenvalue weighted by Crippen LogP contribution is 2.19. The molecule has 0 saturated heterocycles. The van der Waals surface area contributed by atoms with Crippen LogP contribution in [0.15, 0.2) is 42.9 Å². The molecule has 3 aromatic rings. The minimum Gasteiger partial charge on any atom is -0.361 e. The van der Waals surface area contributed by atoms with Crippen LogP contribution in [0, 0.1) is 12.7 Å². The zero-order valence-electron chi connectivity index (χ0n) is 13.6. The van der Waals surface area contributed by atoms with Gasteiger partial charge in [0.2, 0.25) is 0 Å². The van der Waals surface area contributed by atoms with E-state index in [1.807, 2.05) is 6.92 Å². The summed E-state index contributed by atoms with van der Waals surface area (Å²) in [6.07, 6.45) is 5.35. The van der Waals surface area contributed by atoms with Crippen LogP contribution in [0.1, 0.15) is 11.1 Å². The van der Waals surface area contributed by atoms with Crippen molar-refractivity contribution in [1.82, 2.24) is 15.3 Å². The highest BCUT2D eigenvalue weighted by molar-refractivity contribution is 6.39. The van der Waals surface area contributed by atoms with Gasteiger partial charge in [-0.25, -0.2) is 4.39 Å². The topological polar surface area (TPSA) is 86.9 Å². The van der Waals surface area contributed by atoms with E-state index in [-0.39, 0.29) is 12.4 Å². The molecule has 0 spiro atoms. The number of nitrogens with zero attached hydrogens (tertiary/aromatic N) is 1. The molecule has 1 aromatic carbocycles. The molecular formula is C18H17FN4O2. The van der Waals surface area contributed by atoms with Crippen molar-refractivity contribution in [3.05, 3.63) is 59.8 Å². The smallest absolute Gasteiger partial charge is 0.313 e. The molecule has 0 unspecified atom stereocenters. The summed E-state index contributed by atoms with van der Waals surface area (Å²) in [6, 6.07) is 6.23. The Bertz CT molecular complexity index is 936. The Morgan fingerprint density at radius 1 is 1.24 bits per heavy atom. The molecule has 0 saturated carbocycles. The number of pyridine rings is 1. The van der Waals surface area contributed by atoms with E-state index >= 15 is 0 Å². The molecule has 0 bridgehead atoms. The molecule has 2 amide bonds. The van der Waals surface area contributed by atoms with Gasteiger partial charge in [-0.3, -0.25) is 14.6 Å². The lowest BCUT2D eigenvalue weighted by Crippen LogP contribution is -2.36. The lowest BCUT2D eigenvalue weighted by molar-refractivity contribution is -0.136. The first-order valence-electron chi connectivity index (χ1n) is 7.80. The van der Waals surface area contributed by atoms with E-state index in [0.717, 1.165) is 22.0 Å². The van der Waals surface area contributed by atoms with Crippen LogP contribution in [0.4, 0.5) is 10.1 Å². The van der Waals surface area contributed by atoms with Crippen molar-refractivity contribution >= 4 is 28.4 Å². The van der Waals surface area contributed by atoms with Gasteiger partial charge >= 0.3 is 11.8 Å². The number of H-pyrrole nitrogens is 1. The average molecular weight is 340 g/mol. The Balaban J connectivity index is 1.56. The van der Waals surface area contributed by atoms with Crippen molar-refractivity contribution in [3.63, 3.8) is 0 Å². The van der Waals surface area contributed by atoms with Crippen LogP contribution in [0.5, 0.6) is 0 Å². The van der Waals surface area contributed by atoms with Crippen LogP contribution in [-0.4, -0.2) is 28.3 Å². The summed E-state index contributed by atoms with van der Waals surface area (Å²) in [7, 11) is 0. The van der Waals surface area contributed by atoms with Crippen molar-refractivity contribution in [1.29, 1.82) is 0 Å². The highest BCUT2D eigenvalue weighted by atomic mass is 19.1. The number of nitrogens with one attached hydrogen (secondary N) is 3. The third-order valence-electron chi connectivity index (χ3n) is 3.90. The first-order valence-corrected chi connectivity index (χ1v) is 7.80. The number of benzene rings is 1. The van der Waals surface area contributed by atoms with Crippen molar-refractivity contribution in [2.75, 3.05) is 11.9 Å². The number of amides is 2. The SMILES string of the molecule is Cc1ccncc1NC(=O)C(=O)NCCc1c[nH]c2ccc(F)cc12. The number of aromatic nitrogens is 2. The summed E-state index contributed by atoms with van der Waals surface area (Å²) < 4.78 is 13.3. The van der Waals surface area contributed by atoms with Gasteiger partial charge < -0.3 is 15.6 Å². The van der Waals surface area contributed by atoms with Gasteiger partial charge in [-0.05, 0) is 48.7 Å². The van der Waals surface area contributed by atoms with Crippen molar-refractivity contribution in [3.8, 4) is 0 Å². The molecular weight excluding hydrogens is 323 g/mol. The molecule has 0 aliphatic rings. The minimum absolute atomic E-state index is 0.266. The predicted octanol–water partition coefficient (Wildman–Crippen LogP) is 2.31. The van der Waals surface area contributed by atoms with Gasteiger partial charge in [-0.15, -0.1) is 0 Å². The third-order valence-corrected chi connectivity index (χ3v) is 3.90. The van der Waals surface area contributed by atoms with E-state index in [2.05, 4.69) is 20.6 Å². The zero-order valence-corrected chi connectivity index (χ0v) is 13.6. The van der Waals surface area contributed by atoms with Crippen molar-refractivity contribution in [2.45, 2.75) is 13.3 Å². The number of rotatable bonds is 4. The molecule has 0 aliphatic carbocycles. The monoisotopic (exact) mass is 340 g/mol. The largest absolute Gasteiger partial charge is 0.361 e. The summed E-state index contributed by atoms with van der Waals surface area (Å²) >= 11 is 0. The van der Waals surface area contributed by atoms with Gasteiger partial charge in [-0.2, -0.15) is 0 Å². The number of hydrogen-bond acceptors (Lipinski definition) is 3. The fourth-order valence-electron chi connectivity index (χ4n) is 2.52. The van der Waals surface area contributed by atoms with Gasteiger partial charge in [0.15, 0.2) is 0 Å². The van der Waals surface area contributed by atoms with E-state index in [4.69, 9.17) is 0 Å². The summed E-state index contributed by atoms with van der Waals surface area (Å²) in [6.45, 7) is 2.08. The molecule has 25 heavy (non-hydrogen) atoms. The number of fused-ring (bicyclic) bond motifs is 1. The van der Waals surface area contributed by atoms with Crippen LogP contribution in [-0.2, 0) is 16.0 Å². The maximum Gasteiger partial charge on any atom is 0.313 e. The highest BCUT2D eigenvalue weighted by Gasteiger charge is 2.14. The second-order valence-corrected chi connectivity index (χ2v) is 5.65. The normalized spacial score (nSPS) is 10.6. The molecule has 0 fully saturated rings. The fourth-order valence-corrected chi connectivity index (χ4v) is 2.52. The number of halogens is 1. The standard InChI is InChI=1S/C18H17FN4O2/c1-11-4-6-20-10-16(11)23-18(25)17(24)21-7-5-12-9-22-15-3-2-13(19)8-14(12)15/h2-4,6,8-10,22H,5,7H2,1H3,(H,21,24)(H,23,25). The number of aromatic amines is 1. The first kappa shape index (κ1) is 16.6. The molecule has 2 heterocycles. The van der Waals surface area contributed by atoms with E-state index in [9.17, 15) is 14.0 Å². The van der Waals surface area contributed by atoms with Gasteiger partial charge in [-0.1, -0.05) is 0 Å². The lowest BCUT2D eigenvalue weighted by atomic mass is 10.1. The molecule has 0 atom stereocenters. The Labute approximate surface area is 143 Å². The molecule has 6 nitrogen and oxygen atoms in total. The molecule has 3 rings (SSSR count). The van der Waals surface area contributed by atoms with Crippen LogP contribution >= 0.6 is 0 Å². The van der Waals surface area contributed by atoms with E-state index in [0.29, 0.717) is 12.1 Å². The minimum atomic E-state index is -0.749. The maximum absolute atomic E-state index is 13.3. The number of hydrogen-bond donors (Lipinski definition) is 3. The summed E-state index contributed by atoms with van der Waals surface area (Å²) in [4.78, 5) is 30.8. The second-order valence-electron chi connectivity index (χ2n) is 5.65. The van der Waals surface area contributed by atoms with Crippen LogP contribution in [0.2, 0.25) is 0 Å². The first-order chi connectivity index (χ1) is 12.0. The van der Waals surface area contributed by atoms with E-state index in [1.165, 1.54) is 18.3 Å². The van der Waals surface area contributed by atoms with Gasteiger partial charge in [0.25, 0.3) is 0 Å². The van der Waals surface area contributed by atoms with E-state index in [1.54, 1.807) is 24.5 Å². The predicted molar refractivity (Wildman–Crippen MR) is 92.6 cm³/mol. The number of anilines is 1. The Kier molecular flexibility index (Phi) is 4.74.